The van der Waals surface area contributed by atoms with Gasteiger partial charge in [0.15, 0.2) is 0 Å². The van der Waals surface area contributed by atoms with Crippen LogP contribution in [0, 0.1) is 0 Å². The van der Waals surface area contributed by atoms with Gasteiger partial charge in [0, 0.05) is 18.8 Å². The number of rotatable bonds is 6. The molecule has 0 aliphatic rings. The molecule has 1 amide bonds. The molecule has 0 unspecified atom stereocenters. The van der Waals surface area contributed by atoms with Gasteiger partial charge >= 0.3 is 6.09 Å². The first-order chi connectivity index (χ1) is 10.1. The summed E-state index contributed by atoms with van der Waals surface area (Å²) < 4.78 is 0. The van der Waals surface area contributed by atoms with Crippen molar-refractivity contribution in [2.24, 2.45) is 0 Å². The molecule has 0 aliphatic heterocycles. The maximum absolute atomic E-state index is 11.3. The van der Waals surface area contributed by atoms with Crippen LogP contribution >= 0.6 is 0 Å². The van der Waals surface area contributed by atoms with E-state index < -0.39 is 6.09 Å². The molecule has 4 nitrogen and oxygen atoms in total. The normalized spacial score (nSPS) is 10.3. The van der Waals surface area contributed by atoms with Gasteiger partial charge in [-0.15, -0.1) is 0 Å². The Labute approximate surface area is 124 Å². The molecule has 110 valence electrons. The smallest absolute Gasteiger partial charge is 0.407 e. The van der Waals surface area contributed by atoms with E-state index in [0.29, 0.717) is 18.8 Å². The molecule has 0 saturated carbocycles. The first-order valence-electron chi connectivity index (χ1n) is 7.01. The van der Waals surface area contributed by atoms with Crippen LogP contribution in [0.2, 0.25) is 0 Å². The van der Waals surface area contributed by atoms with Gasteiger partial charge in [0.1, 0.15) is 0 Å². The molecular weight excluding hydrogens is 264 g/mol. The molecule has 0 spiro atoms. The Kier molecular flexibility index (Phi) is 5.21. The van der Waals surface area contributed by atoms with Gasteiger partial charge in [0.05, 0.1) is 0 Å². The summed E-state index contributed by atoms with van der Waals surface area (Å²) >= 11 is 0. The number of hydrogen-bond donors (Lipinski definition) is 2. The van der Waals surface area contributed by atoms with E-state index in [2.05, 4.69) is 12.1 Å². The van der Waals surface area contributed by atoms with E-state index in [-0.39, 0.29) is 0 Å². The topological polar surface area (TPSA) is 66.6 Å². The van der Waals surface area contributed by atoms with Crippen LogP contribution in [-0.2, 0) is 13.0 Å². The molecule has 0 fully saturated rings. The quantitative estimate of drug-likeness (QED) is 0.799. The van der Waals surface area contributed by atoms with E-state index >= 15 is 0 Å². The zero-order valence-electron chi connectivity index (χ0n) is 11.9. The lowest BCUT2D eigenvalue weighted by Crippen LogP contribution is -2.30. The number of benzene rings is 2. The van der Waals surface area contributed by atoms with E-state index in [1.165, 1.54) is 10.5 Å². The van der Waals surface area contributed by atoms with Crippen molar-refractivity contribution in [3.05, 3.63) is 65.7 Å². The van der Waals surface area contributed by atoms with Crippen molar-refractivity contribution in [2.75, 3.05) is 12.3 Å². The largest absolute Gasteiger partial charge is 0.465 e. The van der Waals surface area contributed by atoms with E-state index in [4.69, 9.17) is 5.73 Å². The second kappa shape index (κ2) is 7.33. The third kappa shape index (κ3) is 4.84. The number of aryl methyl sites for hydroxylation is 1. The molecule has 3 N–H and O–H groups in total. The maximum atomic E-state index is 11.3. The fourth-order valence-corrected chi connectivity index (χ4v) is 2.27. The van der Waals surface area contributed by atoms with E-state index in [0.717, 1.165) is 18.4 Å². The molecule has 2 aromatic rings. The minimum atomic E-state index is -0.898. The molecule has 0 aromatic heterocycles. The Bertz CT molecular complexity index is 584. The lowest BCUT2D eigenvalue weighted by Gasteiger charge is -2.19. The van der Waals surface area contributed by atoms with Crippen molar-refractivity contribution < 1.29 is 9.90 Å². The summed E-state index contributed by atoms with van der Waals surface area (Å²) in [4.78, 5) is 12.8. The fraction of sp³-hybridized carbons (Fsp3) is 0.235. The van der Waals surface area contributed by atoms with Crippen LogP contribution in [0.1, 0.15) is 17.5 Å². The molecule has 4 heteroatoms. The van der Waals surface area contributed by atoms with Crippen LogP contribution in [0.4, 0.5) is 10.5 Å². The van der Waals surface area contributed by atoms with Gasteiger partial charge in [-0.3, -0.25) is 0 Å². The Balaban J connectivity index is 1.89. The molecule has 0 bridgehead atoms. The molecule has 0 atom stereocenters. The monoisotopic (exact) mass is 284 g/mol. The van der Waals surface area contributed by atoms with Crippen molar-refractivity contribution in [3.63, 3.8) is 0 Å². The molecule has 0 saturated heterocycles. The first kappa shape index (κ1) is 14.9. The third-order valence-electron chi connectivity index (χ3n) is 3.33. The Morgan fingerprint density at radius 3 is 2.43 bits per heavy atom. The average molecular weight is 284 g/mol. The molecule has 0 aliphatic carbocycles. The molecular formula is C17H20N2O2. The van der Waals surface area contributed by atoms with Crippen molar-refractivity contribution >= 4 is 11.8 Å². The van der Waals surface area contributed by atoms with Gasteiger partial charge in [0.25, 0.3) is 0 Å². The van der Waals surface area contributed by atoms with Gasteiger partial charge in [-0.1, -0.05) is 42.5 Å². The molecule has 0 radical (unpaired) electrons. The summed E-state index contributed by atoms with van der Waals surface area (Å²) in [6, 6.07) is 17.4. The summed E-state index contributed by atoms with van der Waals surface area (Å²) in [6.07, 6.45) is 0.783. The summed E-state index contributed by atoms with van der Waals surface area (Å²) in [5, 5.41) is 9.30. The SMILES string of the molecule is Nc1cccc(CN(CCCc2ccccc2)C(=O)O)c1. The number of nitrogens with zero attached hydrogens (tertiary/aromatic N) is 1. The van der Waals surface area contributed by atoms with Gasteiger partial charge in [-0.05, 0) is 36.1 Å². The van der Waals surface area contributed by atoms with Crippen molar-refractivity contribution in [3.8, 4) is 0 Å². The van der Waals surface area contributed by atoms with Crippen LogP contribution < -0.4 is 5.73 Å². The highest BCUT2D eigenvalue weighted by Crippen LogP contribution is 2.11. The summed E-state index contributed by atoms with van der Waals surface area (Å²) in [5.41, 5.74) is 8.52. The van der Waals surface area contributed by atoms with Crippen molar-refractivity contribution in [1.82, 2.24) is 4.90 Å². The highest BCUT2D eigenvalue weighted by Gasteiger charge is 2.12. The highest BCUT2D eigenvalue weighted by molar-refractivity contribution is 5.65. The number of nitrogen functional groups attached to an aromatic ring is 1. The van der Waals surface area contributed by atoms with Crippen LogP contribution in [0.5, 0.6) is 0 Å². The standard InChI is InChI=1S/C17H20N2O2/c18-16-10-4-8-15(12-16)13-19(17(20)21)11-5-9-14-6-2-1-3-7-14/h1-4,6-8,10,12H,5,9,11,13,18H2,(H,20,21). The van der Waals surface area contributed by atoms with Gasteiger partial charge in [-0.2, -0.15) is 0 Å². The molecule has 21 heavy (non-hydrogen) atoms. The van der Waals surface area contributed by atoms with Crippen molar-refractivity contribution in [1.29, 1.82) is 0 Å². The van der Waals surface area contributed by atoms with Crippen LogP contribution in [0.15, 0.2) is 54.6 Å². The fourth-order valence-electron chi connectivity index (χ4n) is 2.27. The van der Waals surface area contributed by atoms with Crippen LogP contribution in [0.3, 0.4) is 0 Å². The maximum Gasteiger partial charge on any atom is 0.407 e. The molecule has 2 aromatic carbocycles. The summed E-state index contributed by atoms with van der Waals surface area (Å²) in [5.74, 6) is 0. The minimum Gasteiger partial charge on any atom is -0.465 e. The number of hydrogen-bond acceptors (Lipinski definition) is 2. The second-order valence-electron chi connectivity index (χ2n) is 5.04. The third-order valence-corrected chi connectivity index (χ3v) is 3.33. The highest BCUT2D eigenvalue weighted by atomic mass is 16.4. The Hall–Kier alpha value is -2.49. The predicted molar refractivity (Wildman–Crippen MR) is 84.1 cm³/mol. The van der Waals surface area contributed by atoms with E-state index in [1.807, 2.05) is 36.4 Å². The zero-order valence-corrected chi connectivity index (χ0v) is 11.9. The van der Waals surface area contributed by atoms with E-state index in [9.17, 15) is 9.90 Å². The average Bonchev–Trinajstić information content (AvgIpc) is 2.47. The number of nitrogens with two attached hydrogens (primary N) is 1. The molecule has 0 heterocycles. The summed E-state index contributed by atoms with van der Waals surface area (Å²) in [7, 11) is 0. The minimum absolute atomic E-state index is 0.370. The Morgan fingerprint density at radius 2 is 1.76 bits per heavy atom. The first-order valence-corrected chi connectivity index (χ1v) is 7.01. The lowest BCUT2D eigenvalue weighted by molar-refractivity contribution is 0.141. The van der Waals surface area contributed by atoms with E-state index in [1.54, 1.807) is 6.07 Å². The van der Waals surface area contributed by atoms with Crippen LogP contribution in [0.25, 0.3) is 0 Å². The van der Waals surface area contributed by atoms with Gasteiger partial charge in [0.2, 0.25) is 0 Å². The predicted octanol–water partition coefficient (Wildman–Crippen LogP) is 3.38. The number of carboxylic acid groups (broad SMARTS) is 1. The van der Waals surface area contributed by atoms with Gasteiger partial charge < -0.3 is 15.7 Å². The number of amides is 1. The number of carbonyl (C=O) groups is 1. The summed E-state index contributed by atoms with van der Waals surface area (Å²) in [6.45, 7) is 0.883. The zero-order chi connectivity index (χ0) is 15.1. The number of anilines is 1. The molecule has 2 rings (SSSR count). The second-order valence-corrected chi connectivity index (χ2v) is 5.04. The van der Waals surface area contributed by atoms with Crippen LogP contribution in [-0.4, -0.2) is 22.6 Å². The Morgan fingerprint density at radius 1 is 1.05 bits per heavy atom. The lowest BCUT2D eigenvalue weighted by atomic mass is 10.1. The van der Waals surface area contributed by atoms with Crippen molar-refractivity contribution in [2.45, 2.75) is 19.4 Å². The van der Waals surface area contributed by atoms with Gasteiger partial charge in [-0.25, -0.2) is 4.79 Å².